The lowest BCUT2D eigenvalue weighted by Gasteiger charge is -2.13. The number of hydrogen-bond acceptors (Lipinski definition) is 6. The van der Waals surface area contributed by atoms with Gasteiger partial charge in [-0.05, 0) is 48.4 Å². The third-order valence-corrected chi connectivity index (χ3v) is 4.00. The van der Waals surface area contributed by atoms with E-state index in [9.17, 15) is 5.11 Å². The number of nitrogens with two attached hydrogens (primary N) is 1. The highest BCUT2D eigenvalue weighted by atomic mass is 16.3. The second-order valence-electron chi connectivity index (χ2n) is 5.49. The van der Waals surface area contributed by atoms with Crippen molar-refractivity contribution in [2.75, 3.05) is 13.1 Å². The summed E-state index contributed by atoms with van der Waals surface area (Å²) in [6, 6.07) is 8.91. The number of benzene rings is 1. The molecule has 0 unspecified atom stereocenters. The molecule has 24 heavy (non-hydrogen) atoms. The van der Waals surface area contributed by atoms with E-state index in [1.165, 1.54) is 11.8 Å². The number of rotatable bonds is 4. The normalized spacial score (nSPS) is 15.0. The minimum Gasteiger partial charge on any atom is -0.507 e. The van der Waals surface area contributed by atoms with Crippen molar-refractivity contribution in [3.63, 3.8) is 0 Å². The van der Waals surface area contributed by atoms with Crippen LogP contribution in [-0.2, 0) is 0 Å². The number of hydrogen-bond donors (Lipinski definition) is 4. The fourth-order valence-electron chi connectivity index (χ4n) is 2.66. The molecule has 5 N–H and O–H groups in total. The van der Waals surface area contributed by atoms with Gasteiger partial charge in [-0.1, -0.05) is 12.1 Å². The number of nitrogens with zero attached hydrogens (tertiary/aromatic N) is 2. The van der Waals surface area contributed by atoms with Crippen LogP contribution in [0.25, 0.3) is 22.4 Å². The van der Waals surface area contributed by atoms with Crippen LogP contribution in [0.4, 0.5) is 0 Å². The van der Waals surface area contributed by atoms with Crippen molar-refractivity contribution < 1.29 is 5.11 Å². The molecule has 0 atom stereocenters. The number of aromatic nitrogens is 2. The van der Waals surface area contributed by atoms with Crippen molar-refractivity contribution >= 4 is 17.4 Å². The zero-order valence-corrected chi connectivity index (χ0v) is 13.2. The fraction of sp³-hybridized carbons (Fsp3) is 0.167. The highest BCUT2D eigenvalue weighted by Crippen LogP contribution is 2.30. The van der Waals surface area contributed by atoms with E-state index in [1.54, 1.807) is 18.2 Å². The molecule has 1 aromatic heterocycles. The zero-order chi connectivity index (χ0) is 16.9. The maximum atomic E-state index is 10.3. The average molecular weight is 321 g/mol. The molecule has 1 aromatic carbocycles. The molecule has 1 aliphatic rings. The topological polar surface area (TPSA) is 108 Å². The van der Waals surface area contributed by atoms with Gasteiger partial charge in [0.15, 0.2) is 0 Å². The van der Waals surface area contributed by atoms with Gasteiger partial charge in [0.2, 0.25) is 0 Å². The smallest absolute Gasteiger partial charge is 0.125 e. The summed E-state index contributed by atoms with van der Waals surface area (Å²) in [6.45, 7) is 1.80. The first kappa shape index (κ1) is 15.9. The first-order valence-corrected chi connectivity index (χ1v) is 7.73. The number of nitrogens with one attached hydrogen (secondary N) is 2. The molecule has 0 saturated heterocycles. The molecule has 0 aliphatic carbocycles. The molecule has 122 valence electrons. The van der Waals surface area contributed by atoms with Crippen LogP contribution in [0.5, 0.6) is 5.75 Å². The Morgan fingerprint density at radius 1 is 1.21 bits per heavy atom. The summed E-state index contributed by atoms with van der Waals surface area (Å²) in [5, 5.41) is 29.4. The van der Waals surface area contributed by atoms with Crippen molar-refractivity contribution in [2.24, 2.45) is 5.73 Å². The standard InChI is InChI=1S/C18H19N5O/c19-10-14(11-20)13-1-2-15(18(24)9-13)17-4-3-16(22-23-17)12-5-7-21-8-6-12/h1-5,9-11,19,21,24H,6-8,20H2. The summed E-state index contributed by atoms with van der Waals surface area (Å²) in [6.07, 6.45) is 5.54. The minimum atomic E-state index is 0.0804. The highest BCUT2D eigenvalue weighted by molar-refractivity contribution is 6.08. The Balaban J connectivity index is 1.89. The lowest BCUT2D eigenvalue weighted by Crippen LogP contribution is -2.20. The van der Waals surface area contributed by atoms with Gasteiger partial charge in [0.25, 0.3) is 0 Å². The molecule has 6 heteroatoms. The van der Waals surface area contributed by atoms with Crippen LogP contribution >= 0.6 is 0 Å². The summed E-state index contributed by atoms with van der Waals surface area (Å²) >= 11 is 0. The maximum Gasteiger partial charge on any atom is 0.125 e. The van der Waals surface area contributed by atoms with Gasteiger partial charge in [0, 0.05) is 30.1 Å². The van der Waals surface area contributed by atoms with Gasteiger partial charge in [-0.15, -0.1) is 5.10 Å². The second-order valence-corrected chi connectivity index (χ2v) is 5.49. The monoisotopic (exact) mass is 321 g/mol. The molecule has 0 bridgehead atoms. The predicted molar refractivity (Wildman–Crippen MR) is 95.5 cm³/mol. The summed E-state index contributed by atoms with van der Waals surface area (Å²) in [5.74, 6) is 0.0804. The van der Waals surface area contributed by atoms with Gasteiger partial charge in [0.05, 0.1) is 11.4 Å². The predicted octanol–water partition coefficient (Wildman–Crippen LogP) is 2.18. The molecule has 0 spiro atoms. The van der Waals surface area contributed by atoms with Crippen molar-refractivity contribution in [1.29, 1.82) is 5.41 Å². The van der Waals surface area contributed by atoms with Crippen LogP contribution in [0, 0.1) is 5.41 Å². The second kappa shape index (κ2) is 7.06. The van der Waals surface area contributed by atoms with Gasteiger partial charge >= 0.3 is 0 Å². The summed E-state index contributed by atoms with van der Waals surface area (Å²) < 4.78 is 0. The summed E-state index contributed by atoms with van der Waals surface area (Å²) in [4.78, 5) is 0. The van der Waals surface area contributed by atoms with Crippen LogP contribution in [0.2, 0.25) is 0 Å². The molecular formula is C18H19N5O. The Bertz CT molecular complexity index is 809. The van der Waals surface area contributed by atoms with Gasteiger partial charge in [-0.3, -0.25) is 0 Å². The first-order valence-electron chi connectivity index (χ1n) is 7.73. The Morgan fingerprint density at radius 3 is 2.58 bits per heavy atom. The van der Waals surface area contributed by atoms with E-state index in [0.29, 0.717) is 22.4 Å². The summed E-state index contributed by atoms with van der Waals surface area (Å²) in [7, 11) is 0. The quantitative estimate of drug-likeness (QED) is 0.646. The van der Waals surface area contributed by atoms with Crippen LogP contribution in [0.3, 0.4) is 0 Å². The Morgan fingerprint density at radius 2 is 2.00 bits per heavy atom. The van der Waals surface area contributed by atoms with Crippen LogP contribution < -0.4 is 11.1 Å². The van der Waals surface area contributed by atoms with Crippen molar-refractivity contribution in [2.45, 2.75) is 6.42 Å². The fourth-order valence-corrected chi connectivity index (χ4v) is 2.66. The van der Waals surface area contributed by atoms with E-state index < -0.39 is 0 Å². The number of aromatic hydroxyl groups is 1. The third kappa shape index (κ3) is 3.18. The molecule has 2 heterocycles. The lowest BCUT2D eigenvalue weighted by molar-refractivity contribution is 0.477. The van der Waals surface area contributed by atoms with Gasteiger partial charge in [0.1, 0.15) is 5.75 Å². The van der Waals surface area contributed by atoms with Gasteiger partial charge in [-0.2, -0.15) is 5.10 Å². The number of phenolic OH excluding ortho intramolecular Hbond substituents is 1. The van der Waals surface area contributed by atoms with Crippen LogP contribution in [-0.4, -0.2) is 34.6 Å². The van der Waals surface area contributed by atoms with E-state index in [0.717, 1.165) is 31.4 Å². The molecular weight excluding hydrogens is 302 g/mol. The Hall–Kier alpha value is -2.99. The lowest BCUT2D eigenvalue weighted by atomic mass is 10.0. The molecule has 0 amide bonds. The molecule has 6 nitrogen and oxygen atoms in total. The van der Waals surface area contributed by atoms with E-state index in [-0.39, 0.29) is 5.75 Å². The Labute approximate surface area is 140 Å². The van der Waals surface area contributed by atoms with Gasteiger partial charge in [-0.25, -0.2) is 0 Å². The molecule has 0 fully saturated rings. The molecule has 0 radical (unpaired) electrons. The summed E-state index contributed by atoms with van der Waals surface area (Å²) in [5.41, 5.74) is 9.95. The SMILES string of the molecule is N=CC(=CN)c1ccc(-c2ccc(C3=CCNCC3)nn2)c(O)c1. The number of phenols is 1. The van der Waals surface area contributed by atoms with Crippen LogP contribution in [0.15, 0.2) is 42.6 Å². The van der Waals surface area contributed by atoms with E-state index in [2.05, 4.69) is 21.6 Å². The van der Waals surface area contributed by atoms with E-state index in [4.69, 9.17) is 11.1 Å². The van der Waals surface area contributed by atoms with E-state index in [1.807, 2.05) is 12.1 Å². The van der Waals surface area contributed by atoms with Crippen molar-refractivity contribution in [1.82, 2.24) is 15.5 Å². The average Bonchev–Trinajstić information content (AvgIpc) is 2.64. The minimum absolute atomic E-state index is 0.0804. The maximum absolute atomic E-state index is 10.3. The van der Waals surface area contributed by atoms with Crippen molar-refractivity contribution in [3.8, 4) is 17.0 Å². The van der Waals surface area contributed by atoms with Crippen LogP contribution in [0.1, 0.15) is 17.7 Å². The molecule has 3 rings (SSSR count). The zero-order valence-electron chi connectivity index (χ0n) is 13.2. The largest absolute Gasteiger partial charge is 0.507 e. The highest BCUT2D eigenvalue weighted by Gasteiger charge is 2.11. The van der Waals surface area contributed by atoms with Crippen molar-refractivity contribution in [3.05, 3.63) is 53.9 Å². The Kier molecular flexibility index (Phi) is 4.67. The molecule has 0 saturated carbocycles. The molecule has 1 aliphatic heterocycles. The third-order valence-electron chi connectivity index (χ3n) is 4.00. The van der Waals surface area contributed by atoms with E-state index >= 15 is 0 Å². The number of allylic oxidation sites excluding steroid dienone is 1. The first-order chi connectivity index (χ1) is 11.7. The molecule has 2 aromatic rings. The van der Waals surface area contributed by atoms with Gasteiger partial charge < -0.3 is 21.6 Å².